The third kappa shape index (κ3) is 5.92. The summed E-state index contributed by atoms with van der Waals surface area (Å²) in [6.07, 6.45) is 1.60. The summed E-state index contributed by atoms with van der Waals surface area (Å²) >= 11 is 0. The van der Waals surface area contributed by atoms with Gasteiger partial charge in [0.15, 0.2) is 0 Å². The van der Waals surface area contributed by atoms with E-state index < -0.39 is 0 Å². The predicted octanol–water partition coefficient (Wildman–Crippen LogP) is 4.03. The highest BCUT2D eigenvalue weighted by Gasteiger charge is 2.27. The molecule has 2 aromatic carbocycles. The van der Waals surface area contributed by atoms with Crippen LogP contribution in [0.1, 0.15) is 54.5 Å². The minimum Gasteiger partial charge on any atom is -0.400 e. The summed E-state index contributed by atoms with van der Waals surface area (Å²) in [6, 6.07) is 20.1. The van der Waals surface area contributed by atoms with Crippen LogP contribution >= 0.6 is 0 Å². The van der Waals surface area contributed by atoms with Gasteiger partial charge in [-0.3, -0.25) is 14.3 Å². The van der Waals surface area contributed by atoms with E-state index in [1.807, 2.05) is 61.7 Å². The first-order valence-corrected chi connectivity index (χ1v) is 12.6. The molecular formula is C30H37N3O3. The van der Waals surface area contributed by atoms with Crippen LogP contribution < -0.4 is 5.56 Å². The van der Waals surface area contributed by atoms with Crippen molar-refractivity contribution in [3.63, 3.8) is 0 Å². The van der Waals surface area contributed by atoms with Crippen LogP contribution in [0.5, 0.6) is 0 Å². The molecule has 0 saturated carbocycles. The van der Waals surface area contributed by atoms with Crippen molar-refractivity contribution in [2.24, 2.45) is 0 Å². The van der Waals surface area contributed by atoms with Gasteiger partial charge in [-0.05, 0) is 23.6 Å². The van der Waals surface area contributed by atoms with E-state index >= 15 is 0 Å². The Morgan fingerprint density at radius 3 is 2.06 bits per heavy atom. The lowest BCUT2D eigenvalue weighted by molar-refractivity contribution is 0.264. The van der Waals surface area contributed by atoms with Gasteiger partial charge in [-0.1, -0.05) is 74.5 Å². The normalized spacial score (nSPS) is 14.3. The maximum absolute atomic E-state index is 13.9. The third-order valence-electron chi connectivity index (χ3n) is 6.39. The maximum Gasteiger partial charge on any atom is 0.259 e. The fourth-order valence-corrected chi connectivity index (χ4v) is 4.82. The summed E-state index contributed by atoms with van der Waals surface area (Å²) < 4.78 is 1.86. The largest absolute Gasteiger partial charge is 0.400 e. The first-order valence-electron chi connectivity index (χ1n) is 12.6. The quantitative estimate of drug-likeness (QED) is 0.514. The molecule has 2 aliphatic rings. The van der Waals surface area contributed by atoms with Gasteiger partial charge < -0.3 is 10.2 Å². The summed E-state index contributed by atoms with van der Waals surface area (Å²) in [4.78, 5) is 21.1. The molecule has 1 aliphatic heterocycles. The molecule has 1 aliphatic carbocycles. The van der Waals surface area contributed by atoms with Gasteiger partial charge in [0.1, 0.15) is 5.82 Å². The lowest BCUT2D eigenvalue weighted by Gasteiger charge is -2.31. The van der Waals surface area contributed by atoms with E-state index in [4.69, 9.17) is 10.1 Å². The molecule has 6 heteroatoms. The van der Waals surface area contributed by atoms with Gasteiger partial charge in [0.25, 0.3) is 5.56 Å². The van der Waals surface area contributed by atoms with Crippen LogP contribution in [0.4, 0.5) is 0 Å². The zero-order chi connectivity index (χ0) is 26.1. The average molecular weight is 488 g/mol. The number of aryl methyl sites for hydroxylation is 1. The minimum absolute atomic E-state index is 0.0454. The van der Waals surface area contributed by atoms with Crippen molar-refractivity contribution in [3.8, 4) is 0 Å². The number of rotatable bonds is 6. The second-order valence-corrected chi connectivity index (χ2v) is 8.61. The lowest BCUT2D eigenvalue weighted by Crippen LogP contribution is -2.41. The summed E-state index contributed by atoms with van der Waals surface area (Å²) in [5, 5.41) is 16.2. The molecule has 2 heterocycles. The second-order valence-electron chi connectivity index (χ2n) is 8.61. The molecule has 6 nitrogen and oxygen atoms in total. The van der Waals surface area contributed by atoms with Gasteiger partial charge in [-0.2, -0.15) is 0 Å². The summed E-state index contributed by atoms with van der Waals surface area (Å²) in [5.74, 6) is 0.747. The zero-order valence-corrected chi connectivity index (χ0v) is 21.7. The average Bonchev–Trinajstić information content (AvgIpc) is 2.92. The fraction of sp³-hybridized carbons (Fsp3) is 0.367. The van der Waals surface area contributed by atoms with Crippen molar-refractivity contribution >= 4 is 0 Å². The molecule has 0 fully saturated rings. The number of aliphatic hydroxyl groups is 2. The van der Waals surface area contributed by atoms with Crippen molar-refractivity contribution in [1.29, 1.82) is 0 Å². The Balaban J connectivity index is 0.000000861. The summed E-state index contributed by atoms with van der Waals surface area (Å²) in [6.45, 7) is 8.28. The third-order valence-corrected chi connectivity index (χ3v) is 6.39. The van der Waals surface area contributed by atoms with E-state index in [1.165, 1.54) is 5.57 Å². The van der Waals surface area contributed by atoms with Crippen LogP contribution in [0.25, 0.3) is 0 Å². The number of fused-ring (bicyclic) bond motifs is 1. The number of hydrogen-bond acceptors (Lipinski definition) is 5. The van der Waals surface area contributed by atoms with Crippen molar-refractivity contribution in [2.75, 3.05) is 26.8 Å². The highest BCUT2D eigenvalue weighted by molar-refractivity contribution is 5.35. The number of aromatic nitrogens is 2. The van der Waals surface area contributed by atoms with Gasteiger partial charge in [-0.15, -0.1) is 5.73 Å². The van der Waals surface area contributed by atoms with E-state index in [1.54, 1.807) is 0 Å². The molecule has 1 aromatic heterocycles. The molecule has 0 atom stereocenters. The Kier molecular flexibility index (Phi) is 9.97. The van der Waals surface area contributed by atoms with E-state index in [2.05, 4.69) is 34.9 Å². The Hall–Kier alpha value is -3.28. The van der Waals surface area contributed by atoms with E-state index in [0.717, 1.165) is 66.8 Å². The molecule has 0 bridgehead atoms. The zero-order valence-electron chi connectivity index (χ0n) is 21.7. The summed E-state index contributed by atoms with van der Waals surface area (Å²) in [5.41, 5.74) is 9.31. The Morgan fingerprint density at radius 1 is 0.972 bits per heavy atom. The first kappa shape index (κ1) is 27.3. The smallest absolute Gasteiger partial charge is 0.259 e. The molecule has 3 aromatic rings. The van der Waals surface area contributed by atoms with Gasteiger partial charge in [0.05, 0.1) is 23.9 Å². The minimum atomic E-state index is -0.220. The van der Waals surface area contributed by atoms with Crippen LogP contribution in [0.3, 0.4) is 0 Å². The summed E-state index contributed by atoms with van der Waals surface area (Å²) in [7, 11) is 1.00. The van der Waals surface area contributed by atoms with Crippen molar-refractivity contribution in [2.45, 2.75) is 46.2 Å². The molecule has 36 heavy (non-hydrogen) atoms. The van der Waals surface area contributed by atoms with Crippen LogP contribution in [0.15, 0.2) is 82.3 Å². The fourth-order valence-electron chi connectivity index (χ4n) is 4.82. The Labute approximate surface area is 213 Å². The lowest BCUT2D eigenvalue weighted by atomic mass is 9.96. The van der Waals surface area contributed by atoms with Gasteiger partial charge in [-0.25, -0.2) is 4.98 Å². The molecule has 0 spiro atoms. The van der Waals surface area contributed by atoms with Gasteiger partial charge >= 0.3 is 0 Å². The standard InChI is InChI=1S/C27H27N3O2.C2H6.CH4O/c1-19-28-25-12-13-29(16-20-14-21(15-20)18-31)17-24(25)27(32)30(19)26(22-8-4-2-5-9-22)23-10-6-3-7-11-23;2*1-2/h2-11,26,31H,12-14,16-18H2,1H3;1-2H3;2H,1H3. The molecule has 5 rings (SSSR count). The highest BCUT2D eigenvalue weighted by Crippen LogP contribution is 2.28. The number of hydrogen-bond donors (Lipinski definition) is 2. The van der Waals surface area contributed by atoms with Crippen LogP contribution in [0.2, 0.25) is 0 Å². The van der Waals surface area contributed by atoms with E-state index in [0.29, 0.717) is 6.54 Å². The molecular weight excluding hydrogens is 450 g/mol. The Morgan fingerprint density at radius 2 is 1.53 bits per heavy atom. The monoisotopic (exact) mass is 487 g/mol. The molecule has 0 radical (unpaired) electrons. The van der Waals surface area contributed by atoms with Gasteiger partial charge in [0.2, 0.25) is 0 Å². The first-order chi connectivity index (χ1) is 17.6. The van der Waals surface area contributed by atoms with Crippen LogP contribution in [-0.4, -0.2) is 51.5 Å². The van der Waals surface area contributed by atoms with Crippen LogP contribution in [-0.2, 0) is 13.0 Å². The molecule has 2 N–H and O–H groups in total. The second kappa shape index (κ2) is 13.1. The predicted molar refractivity (Wildman–Crippen MR) is 144 cm³/mol. The van der Waals surface area contributed by atoms with Crippen molar-refractivity contribution < 1.29 is 10.2 Å². The SMILES string of the molecule is CC.CO.Cc1nc2c(c(=O)n1C(c1ccccc1)c1ccccc1)CN(CC1=C=C(CO)C1)CC2. The van der Waals surface area contributed by atoms with E-state index in [9.17, 15) is 9.90 Å². The molecule has 190 valence electrons. The molecule has 0 unspecified atom stereocenters. The highest BCUT2D eigenvalue weighted by atomic mass is 16.3. The molecule has 0 saturated heterocycles. The van der Waals surface area contributed by atoms with Crippen molar-refractivity contribution in [3.05, 3.63) is 116 Å². The van der Waals surface area contributed by atoms with Crippen LogP contribution in [0, 0.1) is 6.92 Å². The number of benzene rings is 2. The molecule has 0 amide bonds. The maximum atomic E-state index is 13.9. The van der Waals surface area contributed by atoms with Crippen molar-refractivity contribution in [1.82, 2.24) is 14.5 Å². The van der Waals surface area contributed by atoms with E-state index in [-0.39, 0.29) is 18.2 Å². The Bertz CT molecular complexity index is 1220. The topological polar surface area (TPSA) is 78.6 Å². The van der Waals surface area contributed by atoms with Gasteiger partial charge in [0, 0.05) is 45.2 Å². The number of aliphatic hydroxyl groups excluding tert-OH is 2. The number of nitrogens with zero attached hydrogens (tertiary/aromatic N) is 3.